The van der Waals surface area contributed by atoms with Gasteiger partial charge in [-0.25, -0.2) is 19.2 Å². The number of carbonyl (C=O) groups is 1. The van der Waals surface area contributed by atoms with Crippen LogP contribution in [0.1, 0.15) is 64.8 Å². The maximum atomic E-state index is 14.1. The zero-order valence-corrected chi connectivity index (χ0v) is 19.8. The summed E-state index contributed by atoms with van der Waals surface area (Å²) in [6.07, 6.45) is 6.10. The van der Waals surface area contributed by atoms with Crippen molar-refractivity contribution in [2.45, 2.75) is 58.2 Å². The van der Waals surface area contributed by atoms with Crippen LogP contribution in [0.3, 0.4) is 0 Å². The Morgan fingerprint density at radius 1 is 1.23 bits per heavy atom. The average Bonchev–Trinajstić information content (AvgIpc) is 3.33. The van der Waals surface area contributed by atoms with E-state index in [-0.39, 0.29) is 43.2 Å². The van der Waals surface area contributed by atoms with Crippen molar-refractivity contribution >= 4 is 11.9 Å². The van der Waals surface area contributed by atoms with E-state index in [1.807, 2.05) is 6.92 Å². The number of aromatic carboxylic acids is 1. The Balaban J connectivity index is 1.75. The minimum atomic E-state index is -1.13. The number of nitrogens with zero attached hydrogens (tertiary/aromatic N) is 4. The smallest absolute Gasteiger partial charge is 0.356 e. The average molecular weight is 487 g/mol. The maximum absolute atomic E-state index is 14.1. The van der Waals surface area contributed by atoms with Crippen molar-refractivity contribution < 1.29 is 24.5 Å². The van der Waals surface area contributed by atoms with E-state index in [9.17, 15) is 19.4 Å². The number of nitrogens with one attached hydrogen (secondary N) is 1. The molecule has 0 spiro atoms. The fourth-order valence-corrected chi connectivity index (χ4v) is 4.08. The largest absolute Gasteiger partial charge is 0.476 e. The molecule has 0 fully saturated rings. The van der Waals surface area contributed by atoms with Crippen LogP contribution in [0.5, 0.6) is 0 Å². The number of hydrogen-bond acceptors (Lipinski definition) is 8. The molecule has 3 rings (SSSR count). The molecule has 3 aromatic rings. The number of aromatic nitrogens is 4. The molecule has 0 amide bonds. The molecular weight excluding hydrogens is 455 g/mol. The normalized spacial score (nSPS) is 13.0. The first kappa shape index (κ1) is 26.2. The molecule has 2 atom stereocenters. The predicted molar refractivity (Wildman–Crippen MR) is 128 cm³/mol. The Morgan fingerprint density at radius 3 is 2.63 bits per heavy atom. The van der Waals surface area contributed by atoms with Gasteiger partial charge in [-0.15, -0.1) is 0 Å². The van der Waals surface area contributed by atoms with E-state index < -0.39 is 5.97 Å². The number of halogens is 1. The highest BCUT2D eigenvalue weighted by molar-refractivity contribution is 5.85. The number of rotatable bonds is 12. The number of benzene rings is 1. The molecule has 1 aromatic carbocycles. The lowest BCUT2D eigenvalue weighted by molar-refractivity contribution is 0.0691. The first-order chi connectivity index (χ1) is 16.8. The van der Waals surface area contributed by atoms with Crippen LogP contribution in [0.15, 0.2) is 30.9 Å². The number of imidazole rings is 1. The lowest BCUT2D eigenvalue weighted by atomic mass is 9.88. The number of aryl methyl sites for hydroxylation is 1. The highest BCUT2D eigenvalue weighted by Gasteiger charge is 2.19. The first-order valence-electron chi connectivity index (χ1n) is 11.4. The summed E-state index contributed by atoms with van der Waals surface area (Å²) in [5.74, 6) is -0.765. The van der Waals surface area contributed by atoms with Gasteiger partial charge < -0.3 is 26.4 Å². The molecule has 0 aliphatic rings. The second kappa shape index (κ2) is 11.8. The molecule has 35 heavy (non-hydrogen) atoms. The molecule has 0 bridgehead atoms. The molecule has 2 unspecified atom stereocenters. The van der Waals surface area contributed by atoms with Gasteiger partial charge in [0.1, 0.15) is 18.0 Å². The van der Waals surface area contributed by atoms with Gasteiger partial charge in [-0.1, -0.05) is 6.92 Å². The second-order valence-corrected chi connectivity index (χ2v) is 8.50. The van der Waals surface area contributed by atoms with Crippen molar-refractivity contribution in [3.63, 3.8) is 0 Å². The van der Waals surface area contributed by atoms with E-state index in [2.05, 4.69) is 20.3 Å². The quantitative estimate of drug-likeness (QED) is 0.259. The molecule has 188 valence electrons. The van der Waals surface area contributed by atoms with Gasteiger partial charge >= 0.3 is 5.97 Å². The summed E-state index contributed by atoms with van der Waals surface area (Å²) >= 11 is 0. The number of aliphatic hydroxyl groups excluding tert-OH is 2. The predicted octanol–water partition coefficient (Wildman–Crippen LogP) is 2.51. The van der Waals surface area contributed by atoms with Crippen LogP contribution in [0.2, 0.25) is 0 Å². The summed E-state index contributed by atoms with van der Waals surface area (Å²) in [5, 5.41) is 31.8. The lowest BCUT2D eigenvalue weighted by Gasteiger charge is -2.22. The third-order valence-corrected chi connectivity index (χ3v) is 6.00. The molecule has 0 saturated carbocycles. The Hall–Kier alpha value is -3.41. The fourth-order valence-electron chi connectivity index (χ4n) is 4.08. The summed E-state index contributed by atoms with van der Waals surface area (Å²) in [6.45, 7) is 3.64. The highest BCUT2D eigenvalue weighted by atomic mass is 19.1. The van der Waals surface area contributed by atoms with Gasteiger partial charge in [-0.05, 0) is 60.9 Å². The standard InChI is InChI=1S/C24H31FN6O4/c1-14(19-8-17(25)7-16(9-26)20(19)12-33)3-4-18(5-6-32)29-24-27-10-15(2)22(30-24)31-11-21(23(34)35)28-13-31/h7-8,10-11,13-14,18,32-33H,3-6,9,12,26H2,1-2H3,(H,34,35)(H,27,29,30). The van der Waals surface area contributed by atoms with Crippen molar-refractivity contribution in [1.29, 1.82) is 0 Å². The van der Waals surface area contributed by atoms with Crippen LogP contribution >= 0.6 is 0 Å². The van der Waals surface area contributed by atoms with Gasteiger partial charge in [-0.3, -0.25) is 4.57 Å². The molecule has 10 nitrogen and oxygen atoms in total. The van der Waals surface area contributed by atoms with Crippen molar-refractivity contribution in [3.8, 4) is 5.82 Å². The maximum Gasteiger partial charge on any atom is 0.356 e. The van der Waals surface area contributed by atoms with Gasteiger partial charge in [0.2, 0.25) is 5.95 Å². The number of aliphatic hydroxyl groups is 2. The van der Waals surface area contributed by atoms with Crippen molar-refractivity contribution in [3.05, 3.63) is 64.6 Å². The van der Waals surface area contributed by atoms with E-state index in [4.69, 9.17) is 10.8 Å². The third-order valence-electron chi connectivity index (χ3n) is 6.00. The van der Waals surface area contributed by atoms with Crippen LogP contribution in [0.4, 0.5) is 10.3 Å². The van der Waals surface area contributed by atoms with Gasteiger partial charge in [0.15, 0.2) is 5.69 Å². The summed E-state index contributed by atoms with van der Waals surface area (Å²) < 4.78 is 15.6. The van der Waals surface area contributed by atoms with Gasteiger partial charge in [0.05, 0.1) is 6.61 Å². The minimum Gasteiger partial charge on any atom is -0.476 e. The topological polar surface area (TPSA) is 159 Å². The number of anilines is 1. The molecule has 11 heteroatoms. The van der Waals surface area contributed by atoms with Gasteiger partial charge in [0.25, 0.3) is 0 Å². The molecule has 0 saturated heterocycles. The second-order valence-electron chi connectivity index (χ2n) is 8.50. The van der Waals surface area contributed by atoms with E-state index >= 15 is 0 Å². The molecule has 2 aromatic heterocycles. The van der Waals surface area contributed by atoms with E-state index in [1.54, 1.807) is 13.1 Å². The van der Waals surface area contributed by atoms with Crippen LogP contribution in [-0.4, -0.2) is 53.5 Å². The molecule has 0 aliphatic heterocycles. The van der Waals surface area contributed by atoms with Crippen LogP contribution in [0, 0.1) is 12.7 Å². The fraction of sp³-hybridized carbons (Fsp3) is 0.417. The minimum absolute atomic E-state index is 0.0482. The lowest BCUT2D eigenvalue weighted by Crippen LogP contribution is -2.23. The first-order valence-corrected chi connectivity index (χ1v) is 11.4. The van der Waals surface area contributed by atoms with E-state index in [1.165, 1.54) is 29.2 Å². The number of carboxylic acid groups (broad SMARTS) is 1. The Morgan fingerprint density at radius 2 is 2.00 bits per heavy atom. The zero-order valence-electron chi connectivity index (χ0n) is 19.8. The van der Waals surface area contributed by atoms with E-state index in [0.29, 0.717) is 42.2 Å². The summed E-state index contributed by atoms with van der Waals surface area (Å²) in [6, 6.07) is 2.62. The highest BCUT2D eigenvalue weighted by Crippen LogP contribution is 2.29. The molecule has 0 radical (unpaired) electrons. The van der Waals surface area contributed by atoms with Crippen LogP contribution < -0.4 is 11.1 Å². The van der Waals surface area contributed by atoms with Gasteiger partial charge in [0, 0.05) is 37.2 Å². The summed E-state index contributed by atoms with van der Waals surface area (Å²) in [7, 11) is 0. The molecule has 2 heterocycles. The zero-order chi connectivity index (χ0) is 25.5. The van der Waals surface area contributed by atoms with E-state index in [0.717, 1.165) is 11.1 Å². The van der Waals surface area contributed by atoms with Crippen LogP contribution in [-0.2, 0) is 13.2 Å². The van der Waals surface area contributed by atoms with Crippen LogP contribution in [0.25, 0.3) is 5.82 Å². The van der Waals surface area contributed by atoms with Crippen molar-refractivity contribution in [2.75, 3.05) is 11.9 Å². The monoisotopic (exact) mass is 486 g/mol. The Bertz CT molecular complexity index is 1170. The Labute approximate surface area is 202 Å². The summed E-state index contributed by atoms with van der Waals surface area (Å²) in [5.41, 5.74) is 8.33. The molecular formula is C24H31FN6O4. The molecule has 0 aliphatic carbocycles. The number of nitrogens with two attached hydrogens (primary N) is 1. The van der Waals surface area contributed by atoms with Crippen molar-refractivity contribution in [2.24, 2.45) is 5.73 Å². The Kier molecular flexibility index (Phi) is 8.85. The van der Waals surface area contributed by atoms with Gasteiger partial charge in [-0.2, -0.15) is 4.98 Å². The molecule has 6 N–H and O–H groups in total. The third kappa shape index (κ3) is 6.38. The summed E-state index contributed by atoms with van der Waals surface area (Å²) in [4.78, 5) is 23.9. The van der Waals surface area contributed by atoms with Crippen molar-refractivity contribution in [1.82, 2.24) is 19.5 Å². The SMILES string of the molecule is Cc1cnc(NC(CCO)CCC(C)c2cc(F)cc(CN)c2CO)nc1-n1cnc(C(=O)O)c1. The number of hydrogen-bond donors (Lipinski definition) is 5. The number of carboxylic acids is 1.